The molecule has 0 saturated carbocycles. The molecule has 1 aliphatic carbocycles. The lowest BCUT2D eigenvalue weighted by molar-refractivity contribution is -0.117. The Bertz CT molecular complexity index is 414. The minimum atomic E-state index is 0.0557. The molecule has 0 aliphatic heterocycles. The highest BCUT2D eigenvalue weighted by Gasteiger charge is 2.18. The van der Waals surface area contributed by atoms with Crippen molar-refractivity contribution >= 4 is 5.78 Å². The smallest absolute Gasteiger partial charge is 0.162 e. The first-order valence-corrected chi connectivity index (χ1v) is 5.71. The van der Waals surface area contributed by atoms with E-state index in [1.807, 2.05) is 36.4 Å². The molecule has 16 heavy (non-hydrogen) atoms. The Hall–Kier alpha value is -1.63. The maximum Gasteiger partial charge on any atom is 0.162 e. The molecule has 0 spiro atoms. The lowest BCUT2D eigenvalue weighted by Crippen LogP contribution is -2.14. The zero-order valence-corrected chi connectivity index (χ0v) is 9.47. The minimum Gasteiger partial charge on any atom is -0.294 e. The van der Waals surface area contributed by atoms with Gasteiger partial charge >= 0.3 is 0 Å². The Labute approximate surface area is 96.5 Å². The quantitative estimate of drug-likeness (QED) is 0.749. The van der Waals surface area contributed by atoms with Crippen molar-refractivity contribution in [1.29, 1.82) is 0 Å². The molecule has 2 unspecified atom stereocenters. The van der Waals surface area contributed by atoms with E-state index < -0.39 is 0 Å². The Kier molecular flexibility index (Phi) is 3.35. The summed E-state index contributed by atoms with van der Waals surface area (Å²) in [6.07, 6.45) is 8.34. The number of ketones is 1. The Morgan fingerprint density at radius 1 is 1.19 bits per heavy atom. The summed E-state index contributed by atoms with van der Waals surface area (Å²) in [4.78, 5) is 11.6. The Morgan fingerprint density at radius 3 is 2.62 bits per heavy atom. The third kappa shape index (κ3) is 2.48. The maximum atomic E-state index is 11.6. The zero-order valence-electron chi connectivity index (χ0n) is 9.47. The molecule has 1 aliphatic rings. The Balaban J connectivity index is 2.03. The molecule has 1 aromatic rings. The Morgan fingerprint density at radius 2 is 1.94 bits per heavy atom. The topological polar surface area (TPSA) is 17.1 Å². The molecular weight excluding hydrogens is 196 g/mol. The van der Waals surface area contributed by atoms with Gasteiger partial charge < -0.3 is 0 Å². The van der Waals surface area contributed by atoms with E-state index >= 15 is 0 Å². The van der Waals surface area contributed by atoms with Gasteiger partial charge in [-0.15, -0.1) is 0 Å². The molecule has 0 amide bonds. The molecule has 0 N–H and O–H groups in total. The average Bonchev–Trinajstić information content (AvgIpc) is 2.33. The predicted octanol–water partition coefficient (Wildman–Crippen LogP) is 3.49. The summed E-state index contributed by atoms with van der Waals surface area (Å²) in [7, 11) is 0. The number of carbonyl (C=O) groups excluding carboxylic acids is 1. The first-order valence-electron chi connectivity index (χ1n) is 5.71. The van der Waals surface area contributed by atoms with Crippen molar-refractivity contribution in [2.75, 3.05) is 0 Å². The molecule has 82 valence electrons. The van der Waals surface area contributed by atoms with E-state index in [9.17, 15) is 4.79 Å². The van der Waals surface area contributed by atoms with Gasteiger partial charge in [0.05, 0.1) is 0 Å². The third-order valence-electron chi connectivity index (χ3n) is 3.06. The largest absolute Gasteiger partial charge is 0.294 e. The van der Waals surface area contributed by atoms with Gasteiger partial charge in [-0.05, 0) is 24.0 Å². The molecule has 1 heteroatoms. The van der Waals surface area contributed by atoms with Crippen LogP contribution in [-0.4, -0.2) is 5.78 Å². The second-order valence-electron chi connectivity index (χ2n) is 4.30. The number of hydrogen-bond acceptors (Lipinski definition) is 1. The van der Waals surface area contributed by atoms with Gasteiger partial charge in [-0.3, -0.25) is 4.79 Å². The summed E-state index contributed by atoms with van der Waals surface area (Å²) in [6.45, 7) is 2.18. The summed E-state index contributed by atoms with van der Waals surface area (Å²) in [6, 6.07) is 10.4. The van der Waals surface area contributed by atoms with Gasteiger partial charge in [0, 0.05) is 5.92 Å². The second-order valence-corrected chi connectivity index (χ2v) is 4.30. The van der Waals surface area contributed by atoms with Crippen molar-refractivity contribution in [3.63, 3.8) is 0 Å². The van der Waals surface area contributed by atoms with E-state index in [-0.39, 0.29) is 11.7 Å². The summed E-state index contributed by atoms with van der Waals surface area (Å²) in [5, 5.41) is 0. The van der Waals surface area contributed by atoms with E-state index in [0.717, 1.165) is 6.42 Å². The van der Waals surface area contributed by atoms with Crippen molar-refractivity contribution in [3.8, 4) is 0 Å². The standard InChI is InChI=1S/C15H16O/c1-12(13-7-3-2-4-8-13)11-14-9-5-6-10-15(14)16/h2-10,12,14H,11H2,1H3. The predicted molar refractivity (Wildman–Crippen MR) is 66.3 cm³/mol. The number of hydrogen-bond donors (Lipinski definition) is 0. The van der Waals surface area contributed by atoms with E-state index in [1.165, 1.54) is 5.56 Å². The van der Waals surface area contributed by atoms with Crippen LogP contribution in [0.2, 0.25) is 0 Å². The summed E-state index contributed by atoms with van der Waals surface area (Å²) in [5.41, 5.74) is 1.30. The molecule has 0 aromatic heterocycles. The molecule has 1 nitrogen and oxygen atoms in total. The highest BCUT2D eigenvalue weighted by Crippen LogP contribution is 2.25. The third-order valence-corrected chi connectivity index (χ3v) is 3.06. The number of benzene rings is 1. The maximum absolute atomic E-state index is 11.6. The minimum absolute atomic E-state index is 0.0557. The highest BCUT2D eigenvalue weighted by atomic mass is 16.1. The zero-order chi connectivity index (χ0) is 11.4. The molecule has 2 atom stereocenters. The lowest BCUT2D eigenvalue weighted by Gasteiger charge is -2.17. The van der Waals surface area contributed by atoms with Gasteiger partial charge in [0.2, 0.25) is 0 Å². The van der Waals surface area contributed by atoms with Crippen molar-refractivity contribution in [2.24, 2.45) is 5.92 Å². The van der Waals surface area contributed by atoms with Crippen LogP contribution in [0.3, 0.4) is 0 Å². The average molecular weight is 212 g/mol. The second kappa shape index (κ2) is 4.93. The van der Waals surface area contributed by atoms with E-state index in [0.29, 0.717) is 5.92 Å². The van der Waals surface area contributed by atoms with Gasteiger partial charge in [-0.2, -0.15) is 0 Å². The fourth-order valence-corrected chi connectivity index (χ4v) is 2.06. The van der Waals surface area contributed by atoms with Crippen LogP contribution in [0.4, 0.5) is 0 Å². The van der Waals surface area contributed by atoms with Gasteiger partial charge in [0.25, 0.3) is 0 Å². The highest BCUT2D eigenvalue weighted by molar-refractivity contribution is 5.94. The molecular formula is C15H16O. The van der Waals surface area contributed by atoms with Crippen LogP contribution in [0.15, 0.2) is 54.6 Å². The van der Waals surface area contributed by atoms with Crippen molar-refractivity contribution in [3.05, 3.63) is 60.2 Å². The summed E-state index contributed by atoms with van der Waals surface area (Å²) >= 11 is 0. The van der Waals surface area contributed by atoms with Crippen molar-refractivity contribution in [2.45, 2.75) is 19.3 Å². The first-order chi connectivity index (χ1) is 7.77. The van der Waals surface area contributed by atoms with Crippen molar-refractivity contribution in [1.82, 2.24) is 0 Å². The van der Waals surface area contributed by atoms with E-state index in [1.54, 1.807) is 6.08 Å². The monoisotopic (exact) mass is 212 g/mol. The number of carbonyl (C=O) groups is 1. The van der Waals surface area contributed by atoms with Gasteiger partial charge in [-0.25, -0.2) is 0 Å². The molecule has 0 fully saturated rings. The van der Waals surface area contributed by atoms with Crippen LogP contribution in [-0.2, 0) is 4.79 Å². The van der Waals surface area contributed by atoms with Gasteiger partial charge in [0.15, 0.2) is 5.78 Å². The fourth-order valence-electron chi connectivity index (χ4n) is 2.06. The van der Waals surface area contributed by atoms with Crippen molar-refractivity contribution < 1.29 is 4.79 Å². The van der Waals surface area contributed by atoms with Crippen LogP contribution in [0, 0.1) is 5.92 Å². The molecule has 1 aromatic carbocycles. The van der Waals surface area contributed by atoms with Crippen LogP contribution in [0.25, 0.3) is 0 Å². The van der Waals surface area contributed by atoms with E-state index in [2.05, 4.69) is 19.1 Å². The first kappa shape index (κ1) is 10.9. The van der Waals surface area contributed by atoms with Gasteiger partial charge in [-0.1, -0.05) is 55.5 Å². The molecule has 0 radical (unpaired) electrons. The van der Waals surface area contributed by atoms with Crippen LogP contribution in [0.1, 0.15) is 24.8 Å². The molecule has 2 rings (SSSR count). The van der Waals surface area contributed by atoms with Crippen LogP contribution >= 0.6 is 0 Å². The molecule has 0 saturated heterocycles. The SMILES string of the molecule is CC(CC1C=CC=CC1=O)c1ccccc1. The fraction of sp³-hybridized carbons (Fsp3) is 0.267. The van der Waals surface area contributed by atoms with Gasteiger partial charge in [0.1, 0.15) is 0 Å². The molecule has 0 bridgehead atoms. The lowest BCUT2D eigenvalue weighted by atomic mass is 9.86. The summed E-state index contributed by atoms with van der Waals surface area (Å²) in [5.74, 6) is 0.705. The molecule has 0 heterocycles. The number of allylic oxidation sites excluding steroid dienone is 4. The van der Waals surface area contributed by atoms with Crippen LogP contribution < -0.4 is 0 Å². The van der Waals surface area contributed by atoms with E-state index in [4.69, 9.17) is 0 Å². The normalized spacial score (nSPS) is 21.1. The number of rotatable bonds is 3. The summed E-state index contributed by atoms with van der Waals surface area (Å²) < 4.78 is 0. The van der Waals surface area contributed by atoms with Crippen LogP contribution in [0.5, 0.6) is 0 Å².